The average molecular weight is 443 g/mol. The van der Waals surface area contributed by atoms with Crippen molar-refractivity contribution in [3.8, 4) is 0 Å². The number of esters is 3. The highest BCUT2D eigenvalue weighted by Gasteiger charge is 2.31. The Morgan fingerprint density at radius 2 is 1.68 bits per heavy atom. The van der Waals surface area contributed by atoms with Crippen LogP contribution < -0.4 is 0 Å². The SMILES string of the molecule is C=CCC(CCCOC(=O)C(CCCO)CC1CO1)C(=O)OCCCCC(=O)OCC. The number of allylic oxidation sites excluding steroid dienone is 1. The van der Waals surface area contributed by atoms with E-state index in [2.05, 4.69) is 6.58 Å². The molecule has 178 valence electrons. The smallest absolute Gasteiger partial charge is 0.309 e. The molecule has 1 heterocycles. The van der Waals surface area contributed by atoms with Crippen LogP contribution in [0, 0.1) is 11.8 Å². The van der Waals surface area contributed by atoms with Gasteiger partial charge in [-0.1, -0.05) is 6.08 Å². The molecule has 1 rings (SSSR count). The first-order valence-electron chi connectivity index (χ1n) is 11.3. The molecule has 1 fully saturated rings. The summed E-state index contributed by atoms with van der Waals surface area (Å²) in [6.45, 7) is 7.04. The van der Waals surface area contributed by atoms with Gasteiger partial charge in [0, 0.05) is 13.0 Å². The van der Waals surface area contributed by atoms with Crippen LogP contribution in [0.4, 0.5) is 0 Å². The van der Waals surface area contributed by atoms with E-state index in [1.165, 1.54) is 0 Å². The van der Waals surface area contributed by atoms with Crippen LogP contribution in [-0.4, -0.2) is 62.2 Å². The van der Waals surface area contributed by atoms with Gasteiger partial charge in [0.25, 0.3) is 0 Å². The molecule has 1 saturated heterocycles. The zero-order chi connectivity index (χ0) is 22.9. The highest BCUT2D eigenvalue weighted by atomic mass is 16.6. The molecule has 8 heteroatoms. The van der Waals surface area contributed by atoms with Gasteiger partial charge in [-0.2, -0.15) is 0 Å². The predicted octanol–water partition coefficient (Wildman–Crippen LogP) is 2.96. The highest BCUT2D eigenvalue weighted by molar-refractivity contribution is 5.73. The monoisotopic (exact) mass is 442 g/mol. The average Bonchev–Trinajstić information content (AvgIpc) is 3.57. The van der Waals surface area contributed by atoms with E-state index in [-0.39, 0.29) is 55.7 Å². The summed E-state index contributed by atoms with van der Waals surface area (Å²) in [5.41, 5.74) is 0. The molecule has 31 heavy (non-hydrogen) atoms. The van der Waals surface area contributed by atoms with Crippen LogP contribution in [0.5, 0.6) is 0 Å². The van der Waals surface area contributed by atoms with Gasteiger partial charge in [0.1, 0.15) is 0 Å². The quantitative estimate of drug-likeness (QED) is 0.107. The number of aliphatic hydroxyl groups is 1. The lowest BCUT2D eigenvalue weighted by Gasteiger charge is -2.16. The molecule has 0 aromatic heterocycles. The predicted molar refractivity (Wildman–Crippen MR) is 114 cm³/mol. The van der Waals surface area contributed by atoms with Crippen molar-refractivity contribution in [3.63, 3.8) is 0 Å². The lowest BCUT2D eigenvalue weighted by molar-refractivity contribution is -0.150. The van der Waals surface area contributed by atoms with E-state index in [0.717, 1.165) is 0 Å². The van der Waals surface area contributed by atoms with Crippen molar-refractivity contribution in [2.24, 2.45) is 11.8 Å². The van der Waals surface area contributed by atoms with Crippen LogP contribution in [0.3, 0.4) is 0 Å². The molecule has 0 aromatic carbocycles. The van der Waals surface area contributed by atoms with E-state index in [0.29, 0.717) is 71.0 Å². The minimum Gasteiger partial charge on any atom is -0.466 e. The van der Waals surface area contributed by atoms with Crippen LogP contribution >= 0.6 is 0 Å². The van der Waals surface area contributed by atoms with Crippen LogP contribution in [0.1, 0.15) is 64.7 Å². The minimum atomic E-state index is -0.327. The zero-order valence-corrected chi connectivity index (χ0v) is 18.7. The van der Waals surface area contributed by atoms with E-state index >= 15 is 0 Å². The molecule has 1 N–H and O–H groups in total. The van der Waals surface area contributed by atoms with Crippen molar-refractivity contribution in [1.82, 2.24) is 0 Å². The van der Waals surface area contributed by atoms with E-state index in [1.54, 1.807) is 13.0 Å². The summed E-state index contributed by atoms with van der Waals surface area (Å²) in [5.74, 6) is -1.40. The van der Waals surface area contributed by atoms with Crippen molar-refractivity contribution >= 4 is 17.9 Å². The number of epoxide rings is 1. The summed E-state index contributed by atoms with van der Waals surface area (Å²) in [7, 11) is 0. The van der Waals surface area contributed by atoms with E-state index < -0.39 is 0 Å². The third-order valence-electron chi connectivity index (χ3n) is 5.04. The number of carbonyl (C=O) groups excluding carboxylic acids is 3. The number of unbranched alkanes of at least 4 members (excludes halogenated alkanes) is 1. The van der Waals surface area contributed by atoms with Gasteiger partial charge in [0.15, 0.2) is 0 Å². The summed E-state index contributed by atoms with van der Waals surface area (Å²) in [5, 5.41) is 9.01. The maximum Gasteiger partial charge on any atom is 0.309 e. The molecule has 0 amide bonds. The van der Waals surface area contributed by atoms with Gasteiger partial charge < -0.3 is 24.1 Å². The molecule has 0 bridgehead atoms. The van der Waals surface area contributed by atoms with Gasteiger partial charge in [0.05, 0.1) is 44.4 Å². The lowest BCUT2D eigenvalue weighted by Crippen LogP contribution is -2.22. The molecule has 3 unspecified atom stereocenters. The summed E-state index contributed by atoms with van der Waals surface area (Å²) >= 11 is 0. The number of hydrogen-bond acceptors (Lipinski definition) is 8. The number of hydrogen-bond donors (Lipinski definition) is 1. The Hall–Kier alpha value is -1.93. The van der Waals surface area contributed by atoms with Crippen molar-refractivity contribution in [1.29, 1.82) is 0 Å². The molecule has 8 nitrogen and oxygen atoms in total. The Morgan fingerprint density at radius 1 is 1.03 bits per heavy atom. The summed E-state index contributed by atoms with van der Waals surface area (Å²) in [6, 6.07) is 0. The van der Waals surface area contributed by atoms with Crippen LogP contribution in [0.15, 0.2) is 12.7 Å². The molecule has 0 radical (unpaired) electrons. The maximum atomic E-state index is 12.3. The fourth-order valence-corrected chi connectivity index (χ4v) is 3.24. The molecule has 1 aliphatic rings. The molecule has 0 aliphatic carbocycles. The van der Waals surface area contributed by atoms with E-state index in [4.69, 9.17) is 24.1 Å². The standard InChI is InChI=1S/C23H38O8/c1-3-9-18(22(26)29-14-6-5-12-21(25)28-4-2)11-8-15-30-23(27)19(10-7-13-24)16-20-17-31-20/h3,18-20,24H,1,4-17H2,2H3. The van der Waals surface area contributed by atoms with Crippen molar-refractivity contribution in [2.75, 3.05) is 33.0 Å². The number of aliphatic hydroxyl groups excluding tert-OH is 1. The Labute approximate surface area is 185 Å². The minimum absolute atomic E-state index is 0.0451. The van der Waals surface area contributed by atoms with Crippen LogP contribution in [0.25, 0.3) is 0 Å². The third kappa shape index (κ3) is 13.2. The fourth-order valence-electron chi connectivity index (χ4n) is 3.24. The highest BCUT2D eigenvalue weighted by Crippen LogP contribution is 2.24. The van der Waals surface area contributed by atoms with E-state index in [1.807, 2.05) is 0 Å². The molecule has 3 atom stereocenters. The number of rotatable bonds is 19. The first-order chi connectivity index (χ1) is 15.0. The number of ether oxygens (including phenoxy) is 4. The zero-order valence-electron chi connectivity index (χ0n) is 18.7. The summed E-state index contributed by atoms with van der Waals surface area (Å²) in [4.78, 5) is 35.9. The van der Waals surface area contributed by atoms with Crippen LogP contribution in [-0.2, 0) is 33.3 Å². The molecule has 0 spiro atoms. The topological polar surface area (TPSA) is 112 Å². The summed E-state index contributed by atoms with van der Waals surface area (Å²) in [6.07, 6.45) is 6.67. The maximum absolute atomic E-state index is 12.3. The lowest BCUT2D eigenvalue weighted by atomic mass is 9.98. The number of carbonyl (C=O) groups is 3. The second-order valence-electron chi connectivity index (χ2n) is 7.71. The van der Waals surface area contributed by atoms with Crippen molar-refractivity contribution in [3.05, 3.63) is 12.7 Å². The largest absolute Gasteiger partial charge is 0.466 e. The molecule has 0 aromatic rings. The van der Waals surface area contributed by atoms with Gasteiger partial charge in [-0.25, -0.2) is 0 Å². The molecular formula is C23H38O8. The second kappa shape index (κ2) is 16.7. The third-order valence-corrected chi connectivity index (χ3v) is 5.04. The van der Waals surface area contributed by atoms with Gasteiger partial charge >= 0.3 is 17.9 Å². The first kappa shape index (κ1) is 27.1. The molecule has 0 saturated carbocycles. The summed E-state index contributed by atoms with van der Waals surface area (Å²) < 4.78 is 20.8. The Balaban J connectivity index is 2.25. The Kier molecular flexibility index (Phi) is 14.6. The van der Waals surface area contributed by atoms with Gasteiger partial charge in [0.2, 0.25) is 0 Å². The Morgan fingerprint density at radius 3 is 2.29 bits per heavy atom. The Bertz CT molecular complexity index is 544. The van der Waals surface area contributed by atoms with E-state index in [9.17, 15) is 14.4 Å². The van der Waals surface area contributed by atoms with Crippen LogP contribution in [0.2, 0.25) is 0 Å². The van der Waals surface area contributed by atoms with Crippen molar-refractivity contribution < 1.29 is 38.4 Å². The molecule has 1 aliphatic heterocycles. The normalized spacial score (nSPS) is 16.8. The fraction of sp³-hybridized carbons (Fsp3) is 0.783. The molecular weight excluding hydrogens is 404 g/mol. The van der Waals surface area contributed by atoms with Crippen molar-refractivity contribution in [2.45, 2.75) is 70.8 Å². The second-order valence-corrected chi connectivity index (χ2v) is 7.71. The first-order valence-corrected chi connectivity index (χ1v) is 11.3. The van der Waals surface area contributed by atoms with Gasteiger partial charge in [-0.05, 0) is 58.3 Å². The van der Waals surface area contributed by atoms with Gasteiger partial charge in [-0.3, -0.25) is 14.4 Å². The van der Waals surface area contributed by atoms with Gasteiger partial charge in [-0.15, -0.1) is 6.58 Å².